The Kier molecular flexibility index (Phi) is 4.59. The van der Waals surface area contributed by atoms with Crippen LogP contribution in [0.1, 0.15) is 18.4 Å². The summed E-state index contributed by atoms with van der Waals surface area (Å²) in [4.78, 5) is 43.6. The van der Waals surface area contributed by atoms with Gasteiger partial charge >= 0.3 is 17.8 Å². The molecule has 0 aliphatic carbocycles. The van der Waals surface area contributed by atoms with E-state index in [1.807, 2.05) is 38.2 Å². The lowest BCUT2D eigenvalue weighted by Gasteiger charge is -2.19. The first-order valence-electron chi connectivity index (χ1n) is 7.84. The number of nitrogens with one attached hydrogen (secondary N) is 1. The lowest BCUT2D eigenvalue weighted by Crippen LogP contribution is -3.09. The standard InChI is InChI=1S/C16H18N4O3S/c1-3-8-19-14(21)15(22)20(16(19)23)10-18(2)9-13-17-11-6-4-5-7-12(11)24-13/h4-7H,3,8-10H2,1-2H3/p+1. The predicted molar refractivity (Wildman–Crippen MR) is 89.3 cm³/mol. The summed E-state index contributed by atoms with van der Waals surface area (Å²) in [5.41, 5.74) is 0.947. The average Bonchev–Trinajstić information content (AvgIpc) is 3.04. The number of thiazole rings is 1. The fraction of sp³-hybridized carbons (Fsp3) is 0.375. The lowest BCUT2D eigenvalue weighted by molar-refractivity contribution is -0.901. The molecule has 0 radical (unpaired) electrons. The average molecular weight is 347 g/mol. The quantitative estimate of drug-likeness (QED) is 0.609. The van der Waals surface area contributed by atoms with Crippen LogP contribution in [-0.2, 0) is 16.1 Å². The second-order valence-corrected chi connectivity index (χ2v) is 6.96. The SMILES string of the molecule is CCCN1C(=O)C(=O)N(C[NH+](C)Cc2nc3ccccc3s2)C1=O. The van der Waals surface area contributed by atoms with Crippen molar-refractivity contribution in [2.75, 3.05) is 20.3 Å². The monoisotopic (exact) mass is 347 g/mol. The molecule has 0 spiro atoms. The molecule has 24 heavy (non-hydrogen) atoms. The molecule has 1 saturated heterocycles. The van der Waals surface area contributed by atoms with Gasteiger partial charge in [-0.15, -0.1) is 11.3 Å². The number of hydrogen-bond donors (Lipinski definition) is 1. The van der Waals surface area contributed by atoms with E-state index in [1.165, 1.54) is 0 Å². The van der Waals surface area contributed by atoms with Crippen LogP contribution in [0.25, 0.3) is 10.2 Å². The Balaban J connectivity index is 1.68. The molecule has 126 valence electrons. The molecule has 0 saturated carbocycles. The van der Waals surface area contributed by atoms with Gasteiger partial charge in [0, 0.05) is 6.54 Å². The van der Waals surface area contributed by atoms with Gasteiger partial charge in [0.1, 0.15) is 11.6 Å². The summed E-state index contributed by atoms with van der Waals surface area (Å²) in [6.45, 7) is 2.87. The van der Waals surface area contributed by atoms with Crippen LogP contribution in [0.15, 0.2) is 24.3 Å². The Morgan fingerprint density at radius 3 is 2.54 bits per heavy atom. The molecule has 8 heteroatoms. The number of amides is 4. The molecule has 0 bridgehead atoms. The second-order valence-electron chi connectivity index (χ2n) is 5.84. The number of imide groups is 2. The fourth-order valence-electron chi connectivity index (χ4n) is 2.69. The Bertz CT molecular complexity index is 770. The molecule has 1 aromatic carbocycles. The van der Waals surface area contributed by atoms with Crippen LogP contribution in [0, 0.1) is 0 Å². The van der Waals surface area contributed by atoms with Gasteiger partial charge in [-0.1, -0.05) is 19.1 Å². The number of urea groups is 1. The van der Waals surface area contributed by atoms with Gasteiger partial charge in [-0.05, 0) is 18.6 Å². The molecule has 7 nitrogen and oxygen atoms in total. The smallest absolute Gasteiger partial charge is 0.314 e. The van der Waals surface area contributed by atoms with Crippen LogP contribution >= 0.6 is 11.3 Å². The van der Waals surface area contributed by atoms with E-state index in [4.69, 9.17) is 0 Å². The van der Waals surface area contributed by atoms with Gasteiger partial charge < -0.3 is 4.90 Å². The predicted octanol–water partition coefficient (Wildman–Crippen LogP) is 0.469. The largest absolute Gasteiger partial charge is 0.338 e. The first-order valence-corrected chi connectivity index (χ1v) is 8.66. The van der Waals surface area contributed by atoms with Crippen molar-refractivity contribution in [1.29, 1.82) is 0 Å². The van der Waals surface area contributed by atoms with Gasteiger partial charge in [-0.2, -0.15) is 0 Å². The van der Waals surface area contributed by atoms with Crippen LogP contribution < -0.4 is 4.90 Å². The van der Waals surface area contributed by atoms with Gasteiger partial charge in [0.05, 0.1) is 17.3 Å². The Hall–Kier alpha value is -2.32. The van der Waals surface area contributed by atoms with E-state index >= 15 is 0 Å². The first kappa shape index (κ1) is 16.5. The summed E-state index contributed by atoms with van der Waals surface area (Å²) in [6.07, 6.45) is 0.632. The minimum atomic E-state index is -0.739. The minimum absolute atomic E-state index is 0.152. The van der Waals surface area contributed by atoms with Crippen LogP contribution in [0.5, 0.6) is 0 Å². The lowest BCUT2D eigenvalue weighted by atomic mass is 10.3. The van der Waals surface area contributed by atoms with E-state index in [9.17, 15) is 14.4 Å². The van der Waals surface area contributed by atoms with Crippen molar-refractivity contribution in [3.05, 3.63) is 29.3 Å². The summed E-state index contributed by atoms with van der Waals surface area (Å²) in [6, 6.07) is 7.37. The van der Waals surface area contributed by atoms with Crippen molar-refractivity contribution in [2.45, 2.75) is 19.9 Å². The Morgan fingerprint density at radius 2 is 1.83 bits per heavy atom. The fourth-order valence-corrected chi connectivity index (χ4v) is 3.77. The number of fused-ring (bicyclic) bond motifs is 1. The van der Waals surface area contributed by atoms with E-state index in [2.05, 4.69) is 4.98 Å². The number of carbonyl (C=O) groups is 3. The number of aromatic nitrogens is 1. The van der Waals surface area contributed by atoms with Crippen molar-refractivity contribution >= 4 is 39.4 Å². The molecule has 1 atom stereocenters. The Labute approximate surface area is 143 Å². The maximum Gasteiger partial charge on any atom is 0.338 e. The number of benzene rings is 1. The van der Waals surface area contributed by atoms with Gasteiger partial charge in [-0.3, -0.25) is 14.5 Å². The third-order valence-electron chi connectivity index (χ3n) is 3.80. The van der Waals surface area contributed by atoms with Crippen molar-refractivity contribution in [1.82, 2.24) is 14.8 Å². The normalized spacial score (nSPS) is 16.5. The number of para-hydroxylation sites is 1. The highest BCUT2D eigenvalue weighted by Gasteiger charge is 2.45. The molecule has 3 rings (SSSR count). The molecule has 1 aliphatic heterocycles. The number of rotatable bonds is 6. The summed E-state index contributed by atoms with van der Waals surface area (Å²) < 4.78 is 1.11. The first-order chi connectivity index (χ1) is 11.5. The van der Waals surface area contributed by atoms with Gasteiger partial charge in [0.25, 0.3) is 0 Å². The highest BCUT2D eigenvalue weighted by Crippen LogP contribution is 2.20. The van der Waals surface area contributed by atoms with Crippen LogP contribution in [0.4, 0.5) is 4.79 Å². The third-order valence-corrected chi connectivity index (χ3v) is 4.84. The van der Waals surface area contributed by atoms with Crippen LogP contribution in [0.3, 0.4) is 0 Å². The summed E-state index contributed by atoms with van der Waals surface area (Å²) in [5, 5.41) is 0.935. The third kappa shape index (κ3) is 3.02. The van der Waals surface area contributed by atoms with Crippen molar-refractivity contribution in [2.24, 2.45) is 0 Å². The van der Waals surface area contributed by atoms with Crippen molar-refractivity contribution in [3.8, 4) is 0 Å². The molecule has 1 aliphatic rings. The summed E-state index contributed by atoms with van der Waals surface area (Å²) in [5.74, 6) is -1.47. The second kappa shape index (κ2) is 6.66. The number of quaternary nitrogens is 1. The number of hydrogen-bond acceptors (Lipinski definition) is 5. The van der Waals surface area contributed by atoms with Gasteiger partial charge in [0.15, 0.2) is 6.67 Å². The molecule has 1 fully saturated rings. The molecule has 1 N–H and O–H groups in total. The van der Waals surface area contributed by atoms with Crippen LogP contribution in [0.2, 0.25) is 0 Å². The highest BCUT2D eigenvalue weighted by atomic mass is 32.1. The van der Waals surface area contributed by atoms with E-state index in [-0.39, 0.29) is 13.2 Å². The van der Waals surface area contributed by atoms with Gasteiger partial charge in [0.2, 0.25) is 0 Å². The molecule has 4 amide bonds. The zero-order valence-corrected chi connectivity index (χ0v) is 14.4. The van der Waals surface area contributed by atoms with Crippen molar-refractivity contribution < 1.29 is 19.3 Å². The zero-order valence-electron chi connectivity index (χ0n) is 13.6. The Morgan fingerprint density at radius 1 is 1.12 bits per heavy atom. The zero-order chi connectivity index (χ0) is 17.3. The number of carbonyl (C=O) groups excluding carboxylic acids is 3. The van der Waals surface area contributed by atoms with E-state index in [0.29, 0.717) is 13.0 Å². The molecule has 1 unspecified atom stereocenters. The summed E-state index contributed by atoms with van der Waals surface area (Å²) in [7, 11) is 1.87. The van der Waals surface area contributed by atoms with E-state index in [0.717, 1.165) is 29.9 Å². The maximum absolute atomic E-state index is 12.2. The van der Waals surface area contributed by atoms with Crippen LogP contribution in [-0.4, -0.2) is 52.9 Å². The van der Waals surface area contributed by atoms with E-state index < -0.39 is 17.8 Å². The summed E-state index contributed by atoms with van der Waals surface area (Å²) >= 11 is 1.60. The molecule has 2 heterocycles. The van der Waals surface area contributed by atoms with Crippen molar-refractivity contribution in [3.63, 3.8) is 0 Å². The minimum Gasteiger partial charge on any atom is -0.314 e. The van der Waals surface area contributed by atoms with E-state index in [1.54, 1.807) is 11.3 Å². The highest BCUT2D eigenvalue weighted by molar-refractivity contribution is 7.18. The molecular weight excluding hydrogens is 328 g/mol. The molecule has 1 aromatic heterocycles. The van der Waals surface area contributed by atoms with Gasteiger partial charge in [-0.25, -0.2) is 14.7 Å². The number of nitrogens with zero attached hydrogens (tertiary/aromatic N) is 3. The molecular formula is C16H19N4O3S+. The maximum atomic E-state index is 12.2. The topological polar surface area (TPSA) is 75.0 Å². The molecule has 2 aromatic rings.